The monoisotopic (exact) mass is 285 g/mol. The van der Waals surface area contributed by atoms with Crippen LogP contribution in [0.1, 0.15) is 23.0 Å². The van der Waals surface area contributed by atoms with Crippen LogP contribution in [0.4, 0.5) is 0 Å². The number of rotatable bonds is 3. The molecule has 0 unspecified atom stereocenters. The first-order valence-corrected chi connectivity index (χ1v) is 7.05. The van der Waals surface area contributed by atoms with Crippen molar-refractivity contribution in [2.75, 3.05) is 20.2 Å². The van der Waals surface area contributed by atoms with Crippen LogP contribution in [0.5, 0.6) is 17.2 Å². The van der Waals surface area contributed by atoms with Crippen molar-refractivity contribution in [1.82, 2.24) is 5.32 Å². The number of ether oxygens (including phenoxy) is 1. The summed E-state index contributed by atoms with van der Waals surface area (Å²) >= 11 is 0. The van der Waals surface area contributed by atoms with E-state index in [0.29, 0.717) is 5.92 Å². The fraction of sp³-hybridized carbons (Fsp3) is 0.294. The van der Waals surface area contributed by atoms with E-state index < -0.39 is 0 Å². The summed E-state index contributed by atoms with van der Waals surface area (Å²) in [6.07, 6.45) is 0. The molecule has 110 valence electrons. The number of phenols is 2. The van der Waals surface area contributed by atoms with E-state index in [-0.39, 0.29) is 17.4 Å². The lowest BCUT2D eigenvalue weighted by molar-refractivity contribution is 0.402. The van der Waals surface area contributed by atoms with Gasteiger partial charge in [-0.3, -0.25) is 0 Å². The molecular formula is C17H19NO3. The summed E-state index contributed by atoms with van der Waals surface area (Å²) in [4.78, 5) is 0. The lowest BCUT2D eigenvalue weighted by Crippen LogP contribution is -2.09. The summed E-state index contributed by atoms with van der Waals surface area (Å²) in [6, 6.07) is 13.2. The third kappa shape index (κ3) is 2.67. The Hall–Kier alpha value is -2.20. The van der Waals surface area contributed by atoms with Crippen molar-refractivity contribution in [3.63, 3.8) is 0 Å². The molecule has 0 spiro atoms. The molecule has 1 aliphatic rings. The first kappa shape index (κ1) is 13.8. The van der Waals surface area contributed by atoms with Gasteiger partial charge in [0.1, 0.15) is 5.75 Å². The molecule has 3 N–H and O–H groups in total. The third-order valence-corrected chi connectivity index (χ3v) is 4.16. The van der Waals surface area contributed by atoms with E-state index in [4.69, 9.17) is 4.74 Å². The van der Waals surface area contributed by atoms with Crippen LogP contribution in [-0.2, 0) is 0 Å². The molecular weight excluding hydrogens is 266 g/mol. The van der Waals surface area contributed by atoms with Crippen molar-refractivity contribution >= 4 is 0 Å². The van der Waals surface area contributed by atoms with Gasteiger partial charge in [-0.1, -0.05) is 18.2 Å². The molecule has 0 amide bonds. The summed E-state index contributed by atoms with van der Waals surface area (Å²) < 4.78 is 5.30. The molecule has 0 bridgehead atoms. The number of phenolic OH excluding ortho intramolecular Hbond substituents is 2. The van der Waals surface area contributed by atoms with Crippen LogP contribution in [0, 0.1) is 0 Å². The van der Waals surface area contributed by atoms with E-state index in [1.54, 1.807) is 19.2 Å². The number of aromatic hydroxyl groups is 2. The molecule has 1 fully saturated rings. The smallest absolute Gasteiger partial charge is 0.157 e. The molecule has 0 radical (unpaired) electrons. The highest BCUT2D eigenvalue weighted by molar-refractivity contribution is 5.44. The summed E-state index contributed by atoms with van der Waals surface area (Å²) in [7, 11) is 1.67. The molecule has 1 heterocycles. The van der Waals surface area contributed by atoms with Crippen molar-refractivity contribution < 1.29 is 14.9 Å². The quantitative estimate of drug-likeness (QED) is 0.759. The second-order valence-electron chi connectivity index (χ2n) is 5.40. The predicted molar refractivity (Wildman–Crippen MR) is 81.1 cm³/mol. The molecule has 2 aromatic rings. The Morgan fingerprint density at radius 1 is 0.952 bits per heavy atom. The standard InChI is InChI=1S/C17H19NO3/c1-21-13-4-2-3-11(7-13)14-9-18-10-15(14)12-5-6-16(19)17(20)8-12/h2-8,14-15,18-20H,9-10H2,1H3/t14-,15-/m0/s1. The van der Waals surface area contributed by atoms with Gasteiger partial charge in [0.25, 0.3) is 0 Å². The first-order chi connectivity index (χ1) is 10.2. The van der Waals surface area contributed by atoms with Crippen LogP contribution in [0.2, 0.25) is 0 Å². The summed E-state index contributed by atoms with van der Waals surface area (Å²) in [5, 5.41) is 22.6. The molecule has 0 aromatic heterocycles. The summed E-state index contributed by atoms with van der Waals surface area (Å²) in [6.45, 7) is 1.74. The van der Waals surface area contributed by atoms with Crippen molar-refractivity contribution in [3.05, 3.63) is 53.6 Å². The van der Waals surface area contributed by atoms with Crippen molar-refractivity contribution in [2.24, 2.45) is 0 Å². The third-order valence-electron chi connectivity index (χ3n) is 4.16. The Kier molecular flexibility index (Phi) is 3.71. The molecule has 1 aliphatic heterocycles. The van der Waals surface area contributed by atoms with Gasteiger partial charge >= 0.3 is 0 Å². The maximum atomic E-state index is 9.71. The van der Waals surface area contributed by atoms with Crippen LogP contribution in [-0.4, -0.2) is 30.4 Å². The van der Waals surface area contributed by atoms with Crippen LogP contribution in [0.25, 0.3) is 0 Å². The van der Waals surface area contributed by atoms with E-state index >= 15 is 0 Å². The lowest BCUT2D eigenvalue weighted by Gasteiger charge is -2.20. The molecule has 1 saturated heterocycles. The van der Waals surface area contributed by atoms with Gasteiger partial charge in [-0.25, -0.2) is 0 Å². The second kappa shape index (κ2) is 5.66. The van der Waals surface area contributed by atoms with Gasteiger partial charge < -0.3 is 20.3 Å². The lowest BCUT2D eigenvalue weighted by atomic mass is 9.84. The van der Waals surface area contributed by atoms with Crippen molar-refractivity contribution in [2.45, 2.75) is 11.8 Å². The SMILES string of the molecule is COc1cccc([C@@H]2CNC[C@H]2c2ccc(O)c(O)c2)c1. The molecule has 3 rings (SSSR count). The maximum absolute atomic E-state index is 9.71. The molecule has 2 aromatic carbocycles. The van der Waals surface area contributed by atoms with Gasteiger partial charge in [0.05, 0.1) is 7.11 Å². The average Bonchev–Trinajstić information content (AvgIpc) is 2.99. The first-order valence-electron chi connectivity index (χ1n) is 7.05. The Balaban J connectivity index is 1.92. The van der Waals surface area contributed by atoms with E-state index in [0.717, 1.165) is 24.4 Å². The normalized spacial score (nSPS) is 21.4. The maximum Gasteiger partial charge on any atom is 0.157 e. The van der Waals surface area contributed by atoms with Gasteiger partial charge in [0.2, 0.25) is 0 Å². The van der Waals surface area contributed by atoms with Crippen molar-refractivity contribution in [1.29, 1.82) is 0 Å². The minimum atomic E-state index is -0.0809. The minimum Gasteiger partial charge on any atom is -0.504 e. The highest BCUT2D eigenvalue weighted by Crippen LogP contribution is 2.39. The molecule has 4 nitrogen and oxygen atoms in total. The topological polar surface area (TPSA) is 61.7 Å². The van der Waals surface area contributed by atoms with Gasteiger partial charge in [-0.15, -0.1) is 0 Å². The fourth-order valence-corrected chi connectivity index (χ4v) is 3.02. The number of hydrogen-bond acceptors (Lipinski definition) is 4. The fourth-order valence-electron chi connectivity index (χ4n) is 3.02. The molecule has 21 heavy (non-hydrogen) atoms. The Labute approximate surface area is 124 Å². The molecule has 0 saturated carbocycles. The number of methoxy groups -OCH3 is 1. The van der Waals surface area contributed by atoms with Crippen LogP contribution >= 0.6 is 0 Å². The largest absolute Gasteiger partial charge is 0.504 e. The van der Waals surface area contributed by atoms with Crippen LogP contribution < -0.4 is 10.1 Å². The van der Waals surface area contributed by atoms with Crippen LogP contribution in [0.15, 0.2) is 42.5 Å². The molecule has 2 atom stereocenters. The number of hydrogen-bond donors (Lipinski definition) is 3. The van der Waals surface area contributed by atoms with E-state index in [2.05, 4.69) is 17.4 Å². The van der Waals surface area contributed by atoms with Gasteiger partial charge in [0, 0.05) is 24.9 Å². The highest BCUT2D eigenvalue weighted by Gasteiger charge is 2.30. The highest BCUT2D eigenvalue weighted by atomic mass is 16.5. The zero-order chi connectivity index (χ0) is 14.8. The zero-order valence-electron chi connectivity index (χ0n) is 11.9. The second-order valence-corrected chi connectivity index (χ2v) is 5.40. The zero-order valence-corrected chi connectivity index (χ0v) is 11.9. The molecule has 0 aliphatic carbocycles. The molecule has 4 heteroatoms. The Bertz CT molecular complexity index is 642. The summed E-state index contributed by atoms with van der Waals surface area (Å²) in [5.41, 5.74) is 2.25. The van der Waals surface area contributed by atoms with E-state index in [1.807, 2.05) is 18.2 Å². The Morgan fingerprint density at radius 3 is 2.33 bits per heavy atom. The minimum absolute atomic E-state index is 0.0659. The number of benzene rings is 2. The number of nitrogens with one attached hydrogen (secondary N) is 1. The average molecular weight is 285 g/mol. The van der Waals surface area contributed by atoms with E-state index in [1.165, 1.54) is 5.56 Å². The van der Waals surface area contributed by atoms with Gasteiger partial charge in [0.15, 0.2) is 11.5 Å². The van der Waals surface area contributed by atoms with Crippen LogP contribution in [0.3, 0.4) is 0 Å². The van der Waals surface area contributed by atoms with Gasteiger partial charge in [-0.2, -0.15) is 0 Å². The predicted octanol–water partition coefficient (Wildman–Crippen LogP) is 2.58. The Morgan fingerprint density at radius 2 is 1.67 bits per heavy atom. The van der Waals surface area contributed by atoms with Gasteiger partial charge in [-0.05, 0) is 35.4 Å². The summed E-state index contributed by atoms with van der Waals surface area (Å²) in [5.74, 6) is 1.30. The van der Waals surface area contributed by atoms with E-state index in [9.17, 15) is 10.2 Å². The van der Waals surface area contributed by atoms with Crippen molar-refractivity contribution in [3.8, 4) is 17.2 Å².